The van der Waals surface area contributed by atoms with Gasteiger partial charge in [0, 0.05) is 7.11 Å². The molecule has 1 atom stereocenters. The van der Waals surface area contributed by atoms with E-state index in [0.29, 0.717) is 6.61 Å². The van der Waals surface area contributed by atoms with Crippen molar-refractivity contribution in [3.05, 3.63) is 28.8 Å². The highest BCUT2D eigenvalue weighted by Crippen LogP contribution is 2.23. The summed E-state index contributed by atoms with van der Waals surface area (Å²) in [6.45, 7) is 6.67. The Balaban J connectivity index is 2.66. The molecule has 0 aliphatic rings. The second kappa shape index (κ2) is 5.87. The number of aryl methyl sites for hydroxylation is 2. The van der Waals surface area contributed by atoms with Crippen LogP contribution in [-0.2, 0) is 4.74 Å². The van der Waals surface area contributed by atoms with Crippen LogP contribution in [0.15, 0.2) is 12.1 Å². The third-order valence-corrected chi connectivity index (χ3v) is 2.55. The number of hydrogen-bond donors (Lipinski definition) is 1. The van der Waals surface area contributed by atoms with Crippen molar-refractivity contribution in [2.24, 2.45) is 0 Å². The molecular formula is C13H20O3. The van der Waals surface area contributed by atoms with Gasteiger partial charge >= 0.3 is 0 Å². The highest BCUT2D eigenvalue weighted by atomic mass is 16.5. The van der Waals surface area contributed by atoms with Crippen molar-refractivity contribution in [3.63, 3.8) is 0 Å². The minimum absolute atomic E-state index is 0.261. The average Bonchev–Trinajstić information content (AvgIpc) is 2.21. The van der Waals surface area contributed by atoms with E-state index < -0.39 is 6.10 Å². The molecule has 0 heterocycles. The van der Waals surface area contributed by atoms with Crippen molar-refractivity contribution in [1.29, 1.82) is 0 Å². The maximum Gasteiger partial charge on any atom is 0.122 e. The normalized spacial score (nSPS) is 12.6. The van der Waals surface area contributed by atoms with E-state index in [2.05, 4.69) is 13.0 Å². The highest BCUT2D eigenvalue weighted by Gasteiger charge is 2.08. The standard InChI is InChI=1S/C13H20O3/c1-9-5-10(2)11(3)13(6-9)16-8-12(14)7-15-4/h5-6,12,14H,7-8H2,1-4H3. The van der Waals surface area contributed by atoms with Crippen molar-refractivity contribution in [2.75, 3.05) is 20.3 Å². The maximum atomic E-state index is 9.49. The smallest absolute Gasteiger partial charge is 0.122 e. The lowest BCUT2D eigenvalue weighted by molar-refractivity contribution is 0.0323. The lowest BCUT2D eigenvalue weighted by Crippen LogP contribution is -2.22. The molecule has 0 aromatic heterocycles. The Morgan fingerprint density at radius 3 is 2.50 bits per heavy atom. The molecule has 0 saturated heterocycles. The molecule has 0 aliphatic heterocycles. The Bertz CT molecular complexity index is 347. The number of aliphatic hydroxyl groups is 1. The van der Waals surface area contributed by atoms with Crippen LogP contribution in [0.25, 0.3) is 0 Å². The van der Waals surface area contributed by atoms with Gasteiger partial charge in [-0.15, -0.1) is 0 Å². The first-order valence-corrected chi connectivity index (χ1v) is 5.42. The van der Waals surface area contributed by atoms with Crippen molar-refractivity contribution >= 4 is 0 Å². The van der Waals surface area contributed by atoms with E-state index in [4.69, 9.17) is 9.47 Å². The van der Waals surface area contributed by atoms with Gasteiger partial charge < -0.3 is 14.6 Å². The number of aliphatic hydroxyl groups excluding tert-OH is 1. The third-order valence-electron chi connectivity index (χ3n) is 2.55. The van der Waals surface area contributed by atoms with Crippen LogP contribution in [-0.4, -0.2) is 31.5 Å². The van der Waals surface area contributed by atoms with Crippen LogP contribution in [0.1, 0.15) is 16.7 Å². The largest absolute Gasteiger partial charge is 0.491 e. The Morgan fingerprint density at radius 1 is 1.19 bits per heavy atom. The molecular weight excluding hydrogens is 204 g/mol. The number of hydrogen-bond acceptors (Lipinski definition) is 3. The summed E-state index contributed by atoms with van der Waals surface area (Å²) in [5.74, 6) is 0.840. The van der Waals surface area contributed by atoms with Crippen LogP contribution < -0.4 is 4.74 Å². The van der Waals surface area contributed by atoms with Crippen molar-refractivity contribution in [1.82, 2.24) is 0 Å². The minimum Gasteiger partial charge on any atom is -0.491 e. The van der Waals surface area contributed by atoms with E-state index in [1.54, 1.807) is 7.11 Å². The van der Waals surface area contributed by atoms with Crippen molar-refractivity contribution < 1.29 is 14.6 Å². The van der Waals surface area contributed by atoms with Crippen LogP contribution in [0.2, 0.25) is 0 Å². The monoisotopic (exact) mass is 224 g/mol. The fourth-order valence-corrected chi connectivity index (χ4v) is 1.58. The minimum atomic E-state index is -0.579. The van der Waals surface area contributed by atoms with Crippen molar-refractivity contribution in [3.8, 4) is 5.75 Å². The number of ether oxygens (including phenoxy) is 2. The van der Waals surface area contributed by atoms with E-state index in [0.717, 1.165) is 11.3 Å². The van der Waals surface area contributed by atoms with E-state index in [9.17, 15) is 5.11 Å². The first-order chi connectivity index (χ1) is 7.54. The van der Waals surface area contributed by atoms with Gasteiger partial charge in [0.15, 0.2) is 0 Å². The Labute approximate surface area is 97.0 Å². The Morgan fingerprint density at radius 2 is 1.88 bits per heavy atom. The van der Waals surface area contributed by atoms with E-state index in [1.165, 1.54) is 11.1 Å². The summed E-state index contributed by atoms with van der Waals surface area (Å²) >= 11 is 0. The molecule has 1 aromatic carbocycles. The van der Waals surface area contributed by atoms with Gasteiger partial charge in [-0.25, -0.2) is 0 Å². The van der Waals surface area contributed by atoms with Gasteiger partial charge in [-0.05, 0) is 43.5 Å². The number of rotatable bonds is 5. The van der Waals surface area contributed by atoms with Gasteiger partial charge in [-0.2, -0.15) is 0 Å². The molecule has 0 saturated carbocycles. The summed E-state index contributed by atoms with van der Waals surface area (Å²) in [7, 11) is 1.56. The molecule has 1 N–H and O–H groups in total. The van der Waals surface area contributed by atoms with Gasteiger partial charge in [0.25, 0.3) is 0 Å². The fraction of sp³-hybridized carbons (Fsp3) is 0.538. The van der Waals surface area contributed by atoms with Gasteiger partial charge in [-0.3, -0.25) is 0 Å². The fourth-order valence-electron chi connectivity index (χ4n) is 1.58. The summed E-state index contributed by atoms with van der Waals surface area (Å²) in [5, 5.41) is 9.49. The SMILES string of the molecule is COCC(O)COc1cc(C)cc(C)c1C. The first-order valence-electron chi connectivity index (χ1n) is 5.42. The summed E-state index contributed by atoms with van der Waals surface area (Å²) in [6, 6.07) is 4.11. The lowest BCUT2D eigenvalue weighted by atomic mass is 10.1. The topological polar surface area (TPSA) is 38.7 Å². The first kappa shape index (κ1) is 13.0. The molecule has 0 bridgehead atoms. The van der Waals surface area contributed by atoms with Gasteiger partial charge in [0.1, 0.15) is 18.5 Å². The zero-order valence-electron chi connectivity index (χ0n) is 10.4. The zero-order valence-corrected chi connectivity index (χ0v) is 10.4. The molecule has 1 aromatic rings. The summed E-state index contributed by atoms with van der Waals surface area (Å²) in [5.41, 5.74) is 3.49. The lowest BCUT2D eigenvalue weighted by Gasteiger charge is -2.15. The predicted molar refractivity (Wildman–Crippen MR) is 64.0 cm³/mol. The van der Waals surface area contributed by atoms with E-state index in [-0.39, 0.29) is 6.61 Å². The summed E-state index contributed by atoms with van der Waals surface area (Å²) < 4.78 is 10.4. The van der Waals surface area contributed by atoms with E-state index >= 15 is 0 Å². The van der Waals surface area contributed by atoms with Crippen molar-refractivity contribution in [2.45, 2.75) is 26.9 Å². The molecule has 3 nitrogen and oxygen atoms in total. The molecule has 1 unspecified atom stereocenters. The Hall–Kier alpha value is -1.06. The second-order valence-electron chi connectivity index (χ2n) is 4.13. The summed E-state index contributed by atoms with van der Waals surface area (Å²) in [4.78, 5) is 0. The predicted octanol–water partition coefficient (Wildman–Crippen LogP) is 2.00. The number of benzene rings is 1. The van der Waals surface area contributed by atoms with Crippen LogP contribution >= 0.6 is 0 Å². The molecule has 0 radical (unpaired) electrons. The molecule has 0 aliphatic carbocycles. The highest BCUT2D eigenvalue weighted by molar-refractivity contribution is 5.41. The number of methoxy groups -OCH3 is 1. The summed E-state index contributed by atoms with van der Waals surface area (Å²) in [6.07, 6.45) is -0.579. The molecule has 90 valence electrons. The van der Waals surface area contributed by atoms with Crippen LogP contribution in [0, 0.1) is 20.8 Å². The molecule has 1 rings (SSSR count). The molecule has 0 spiro atoms. The maximum absolute atomic E-state index is 9.49. The molecule has 16 heavy (non-hydrogen) atoms. The van der Waals surface area contributed by atoms with Gasteiger partial charge in [0.2, 0.25) is 0 Å². The van der Waals surface area contributed by atoms with Crippen LogP contribution in [0.3, 0.4) is 0 Å². The molecule has 3 heteroatoms. The third kappa shape index (κ3) is 3.51. The zero-order chi connectivity index (χ0) is 12.1. The quantitative estimate of drug-likeness (QED) is 0.831. The van der Waals surface area contributed by atoms with Gasteiger partial charge in [0.05, 0.1) is 6.61 Å². The van der Waals surface area contributed by atoms with Crippen LogP contribution in [0.5, 0.6) is 5.75 Å². The molecule has 0 fully saturated rings. The van der Waals surface area contributed by atoms with Crippen LogP contribution in [0.4, 0.5) is 0 Å². The second-order valence-corrected chi connectivity index (χ2v) is 4.13. The Kier molecular flexibility index (Phi) is 4.77. The average molecular weight is 224 g/mol. The van der Waals surface area contributed by atoms with E-state index in [1.807, 2.05) is 19.9 Å². The van der Waals surface area contributed by atoms with Gasteiger partial charge in [-0.1, -0.05) is 6.07 Å². The molecule has 0 amide bonds.